The van der Waals surface area contributed by atoms with Crippen LogP contribution in [0, 0.1) is 0 Å². The van der Waals surface area contributed by atoms with E-state index in [0.29, 0.717) is 5.69 Å². The second-order valence-corrected chi connectivity index (χ2v) is 10.3. The number of carbonyl (C=O) groups is 1. The van der Waals surface area contributed by atoms with Gasteiger partial charge in [0.15, 0.2) is 10.7 Å². The van der Waals surface area contributed by atoms with Crippen LogP contribution in [0.5, 0.6) is 5.75 Å². The van der Waals surface area contributed by atoms with E-state index in [1.54, 1.807) is 17.5 Å². The summed E-state index contributed by atoms with van der Waals surface area (Å²) in [6, 6.07) is 8.23. The average Bonchev–Trinajstić information content (AvgIpc) is 3.40. The summed E-state index contributed by atoms with van der Waals surface area (Å²) >= 11 is 1.57. The second-order valence-electron chi connectivity index (χ2n) is 9.28. The summed E-state index contributed by atoms with van der Waals surface area (Å²) in [6.07, 6.45) is 15.7. The van der Waals surface area contributed by atoms with Gasteiger partial charge in [0.1, 0.15) is 5.75 Å². The number of carbonyl (C=O) groups excluding carboxylic acids is 1. The highest BCUT2D eigenvalue weighted by Gasteiger charge is 2.17. The molecule has 6 heteroatoms. The van der Waals surface area contributed by atoms with Crippen molar-refractivity contribution in [1.82, 2.24) is 9.38 Å². The lowest BCUT2D eigenvalue weighted by atomic mass is 10.1. The molecule has 1 aromatic carbocycles. The first-order chi connectivity index (χ1) is 16.5. The Bertz CT molecular complexity index is 977. The van der Waals surface area contributed by atoms with Gasteiger partial charge in [-0.1, -0.05) is 63.7 Å². The van der Waals surface area contributed by atoms with Crippen LogP contribution in [0.2, 0.25) is 0 Å². The summed E-state index contributed by atoms with van der Waals surface area (Å²) in [5.74, 6) is 0.563. The van der Waals surface area contributed by atoms with E-state index < -0.39 is 0 Å². The number of benzene rings is 1. The van der Waals surface area contributed by atoms with Crippen molar-refractivity contribution in [3.05, 3.63) is 42.4 Å². The van der Waals surface area contributed by atoms with Crippen LogP contribution >= 0.6 is 11.3 Å². The normalized spacial score (nSPS) is 13.2. The van der Waals surface area contributed by atoms with Gasteiger partial charge < -0.3 is 9.47 Å². The number of aromatic nitrogens is 2. The third-order valence-corrected chi connectivity index (χ3v) is 7.12. The molecule has 186 valence electrons. The van der Waals surface area contributed by atoms with Crippen LogP contribution < -0.4 is 4.74 Å². The van der Waals surface area contributed by atoms with Crippen molar-refractivity contribution in [3.63, 3.8) is 0 Å². The van der Waals surface area contributed by atoms with Crippen molar-refractivity contribution in [2.24, 2.45) is 0 Å². The number of unbranched alkanes of at least 4 members (excludes halogenated alkanes) is 6. The molecule has 0 saturated carbocycles. The Morgan fingerprint density at radius 1 is 0.912 bits per heavy atom. The summed E-state index contributed by atoms with van der Waals surface area (Å²) in [4.78, 5) is 18.9. The molecule has 0 spiro atoms. The minimum atomic E-state index is -0.342. The fourth-order valence-corrected chi connectivity index (χ4v) is 5.01. The molecule has 2 aromatic heterocycles. The summed E-state index contributed by atoms with van der Waals surface area (Å²) in [6.45, 7) is 8.53. The van der Waals surface area contributed by atoms with Gasteiger partial charge in [-0.15, -0.1) is 0 Å². The van der Waals surface area contributed by atoms with Gasteiger partial charge >= 0.3 is 5.97 Å². The van der Waals surface area contributed by atoms with Gasteiger partial charge in [0.25, 0.3) is 0 Å². The number of nitrogens with zero attached hydrogens (tertiary/aromatic N) is 2. The molecule has 0 amide bonds. The molecule has 0 radical (unpaired) electrons. The monoisotopic (exact) mass is 484 g/mol. The molecule has 0 N–H and O–H groups in total. The molecule has 0 saturated heterocycles. The number of hydrogen-bond acceptors (Lipinski definition) is 5. The molecule has 34 heavy (non-hydrogen) atoms. The van der Waals surface area contributed by atoms with E-state index in [4.69, 9.17) is 9.47 Å². The first-order valence-electron chi connectivity index (χ1n) is 13.0. The predicted octanol–water partition coefficient (Wildman–Crippen LogP) is 8.32. The van der Waals surface area contributed by atoms with Crippen molar-refractivity contribution in [3.8, 4) is 16.2 Å². The van der Waals surface area contributed by atoms with Crippen molar-refractivity contribution < 1.29 is 14.3 Å². The molecule has 2 atom stereocenters. The number of fused-ring (bicyclic) bond motifs is 1. The number of thiazole rings is 1. The van der Waals surface area contributed by atoms with Gasteiger partial charge in [-0.2, -0.15) is 0 Å². The first kappa shape index (κ1) is 26.3. The lowest BCUT2D eigenvalue weighted by molar-refractivity contribution is 0.0313. The molecular weight excluding hydrogens is 444 g/mol. The molecule has 5 nitrogen and oxygen atoms in total. The third-order valence-electron chi connectivity index (χ3n) is 6.08. The Morgan fingerprint density at radius 2 is 1.56 bits per heavy atom. The average molecular weight is 485 g/mol. The van der Waals surface area contributed by atoms with E-state index in [2.05, 4.69) is 37.9 Å². The SMILES string of the molecule is CCCCCC[C@@H](C)OC(=O)c1cn2cc(-c3ccc(O[C@@H](C)CCCCCC)cc3)sc2n1. The summed E-state index contributed by atoms with van der Waals surface area (Å²) in [7, 11) is 0. The van der Waals surface area contributed by atoms with E-state index in [9.17, 15) is 4.79 Å². The van der Waals surface area contributed by atoms with E-state index in [-0.39, 0.29) is 18.2 Å². The molecule has 0 aliphatic heterocycles. The van der Waals surface area contributed by atoms with E-state index >= 15 is 0 Å². The molecule has 2 heterocycles. The molecule has 0 aliphatic carbocycles. The van der Waals surface area contributed by atoms with Crippen LogP contribution in [-0.4, -0.2) is 27.6 Å². The number of rotatable bonds is 15. The maximum atomic E-state index is 12.5. The van der Waals surface area contributed by atoms with Crippen LogP contribution in [0.1, 0.15) is 102 Å². The van der Waals surface area contributed by atoms with Crippen LogP contribution in [-0.2, 0) is 4.74 Å². The quantitative estimate of drug-likeness (QED) is 0.161. The highest BCUT2D eigenvalue weighted by molar-refractivity contribution is 7.20. The zero-order valence-corrected chi connectivity index (χ0v) is 22.0. The Kier molecular flexibility index (Phi) is 10.4. The van der Waals surface area contributed by atoms with Gasteiger partial charge in [-0.05, 0) is 69.4 Å². The fourth-order valence-electron chi connectivity index (χ4n) is 4.04. The Balaban J connectivity index is 1.53. The Hall–Kier alpha value is -2.34. The highest BCUT2D eigenvalue weighted by Crippen LogP contribution is 2.30. The molecular formula is C28H40N2O3S. The Labute approximate surface area is 208 Å². The van der Waals surface area contributed by atoms with E-state index in [1.807, 2.05) is 29.7 Å². The van der Waals surface area contributed by atoms with Gasteiger partial charge in [0.2, 0.25) is 0 Å². The maximum absolute atomic E-state index is 12.5. The lowest BCUT2D eigenvalue weighted by Crippen LogP contribution is -2.15. The summed E-state index contributed by atoms with van der Waals surface area (Å²) in [5.41, 5.74) is 1.48. The van der Waals surface area contributed by atoms with Crippen molar-refractivity contribution in [1.29, 1.82) is 0 Å². The van der Waals surface area contributed by atoms with Gasteiger partial charge in [0, 0.05) is 12.4 Å². The second kappa shape index (κ2) is 13.5. The van der Waals surface area contributed by atoms with Gasteiger partial charge in [0.05, 0.1) is 17.1 Å². The van der Waals surface area contributed by atoms with Crippen LogP contribution in [0.15, 0.2) is 36.7 Å². The van der Waals surface area contributed by atoms with Crippen LogP contribution in [0.25, 0.3) is 15.4 Å². The van der Waals surface area contributed by atoms with Crippen LogP contribution in [0.4, 0.5) is 0 Å². The topological polar surface area (TPSA) is 52.8 Å². The molecule has 0 unspecified atom stereocenters. The third kappa shape index (κ3) is 7.86. The Morgan fingerprint density at radius 3 is 2.18 bits per heavy atom. The number of ether oxygens (including phenoxy) is 2. The summed E-state index contributed by atoms with van der Waals surface area (Å²) in [5, 5.41) is 0. The zero-order valence-electron chi connectivity index (χ0n) is 21.2. The first-order valence-corrected chi connectivity index (χ1v) is 13.8. The number of imidazole rings is 1. The van der Waals surface area contributed by atoms with E-state index in [1.165, 1.54) is 44.9 Å². The summed E-state index contributed by atoms with van der Waals surface area (Å²) < 4.78 is 13.6. The standard InChI is InChI=1S/C28H40N2O3S/c1-5-7-9-11-13-21(3)32-24-17-15-23(16-18-24)26-20-30-19-25(29-28(30)34-26)27(31)33-22(4)14-12-10-8-6-2/h15-22H,5-14H2,1-4H3/t21-,22+/m0/s1. The van der Waals surface area contributed by atoms with Crippen molar-refractivity contribution in [2.45, 2.75) is 104 Å². The van der Waals surface area contributed by atoms with Crippen molar-refractivity contribution >= 4 is 22.3 Å². The largest absolute Gasteiger partial charge is 0.491 e. The maximum Gasteiger partial charge on any atom is 0.358 e. The minimum absolute atomic E-state index is 0.0838. The van der Waals surface area contributed by atoms with Gasteiger partial charge in [-0.3, -0.25) is 4.40 Å². The predicted molar refractivity (Wildman–Crippen MR) is 141 cm³/mol. The van der Waals surface area contributed by atoms with Crippen molar-refractivity contribution in [2.75, 3.05) is 0 Å². The highest BCUT2D eigenvalue weighted by atomic mass is 32.1. The molecule has 0 aliphatic rings. The molecule has 3 aromatic rings. The van der Waals surface area contributed by atoms with Gasteiger partial charge in [-0.25, -0.2) is 9.78 Å². The molecule has 3 rings (SSSR count). The number of hydrogen-bond donors (Lipinski definition) is 0. The lowest BCUT2D eigenvalue weighted by Gasteiger charge is -2.14. The van der Waals surface area contributed by atoms with Crippen LogP contribution in [0.3, 0.4) is 0 Å². The number of esters is 1. The smallest absolute Gasteiger partial charge is 0.358 e. The molecule has 0 fully saturated rings. The zero-order chi connectivity index (χ0) is 24.3. The minimum Gasteiger partial charge on any atom is -0.491 e. The van der Waals surface area contributed by atoms with E-state index in [0.717, 1.165) is 40.4 Å². The fraction of sp³-hybridized carbons (Fsp3) is 0.571. The molecule has 0 bridgehead atoms.